The molecule has 4 N–H and O–H groups in total. The minimum atomic E-state index is -4.84. The zero-order valence-corrected chi connectivity index (χ0v) is 21.2. The number of halogens is 3. The number of alkyl halides is 3. The first kappa shape index (κ1) is 30.8. The number of hydrogen-bond donors (Lipinski definition) is 4. The second-order valence-electron chi connectivity index (χ2n) is 8.22. The number of carbonyl (C=O) groups excluding carboxylic acids is 1. The van der Waals surface area contributed by atoms with Gasteiger partial charge in [0.2, 0.25) is 5.72 Å². The first-order valence-electron chi connectivity index (χ1n) is 11.1. The summed E-state index contributed by atoms with van der Waals surface area (Å²) in [5.74, 6) is -1.60. The number of H-pyrrole nitrogens is 1. The van der Waals surface area contributed by atoms with E-state index in [0.29, 0.717) is 4.57 Å². The number of aliphatic hydroxyl groups is 2. The molecule has 0 bridgehead atoms. The third-order valence-corrected chi connectivity index (χ3v) is 6.88. The first-order valence-corrected chi connectivity index (χ1v) is 12.7. The Bertz CT molecular complexity index is 1390. The topological polar surface area (TPSA) is 227 Å². The van der Waals surface area contributed by atoms with Crippen molar-refractivity contribution in [3.8, 4) is 5.75 Å². The molecule has 1 aliphatic heterocycles. The quantitative estimate of drug-likeness (QED) is 0.0946. The molecule has 1 fully saturated rings. The summed E-state index contributed by atoms with van der Waals surface area (Å²) in [4.78, 5) is 41.1. The van der Waals surface area contributed by atoms with Crippen LogP contribution in [0.4, 0.5) is 13.2 Å². The molecule has 0 spiro atoms. The molecule has 20 heteroatoms. The van der Waals surface area contributed by atoms with E-state index in [1.54, 1.807) is 6.07 Å². The van der Waals surface area contributed by atoms with Crippen molar-refractivity contribution < 1.29 is 51.3 Å². The third kappa shape index (κ3) is 7.28. The van der Waals surface area contributed by atoms with Crippen LogP contribution in [0.5, 0.6) is 5.75 Å². The number of nitrogens with one attached hydrogen (secondary N) is 2. The Kier molecular flexibility index (Phi) is 9.42. The summed E-state index contributed by atoms with van der Waals surface area (Å²) in [6.07, 6.45) is -9.99. The molecule has 3 rings (SSSR count). The van der Waals surface area contributed by atoms with Crippen molar-refractivity contribution in [3.63, 3.8) is 0 Å². The van der Waals surface area contributed by atoms with Gasteiger partial charge in [-0.05, 0) is 24.6 Å². The Morgan fingerprint density at radius 2 is 2.00 bits per heavy atom. The summed E-state index contributed by atoms with van der Waals surface area (Å²) >= 11 is 0. The van der Waals surface area contributed by atoms with Crippen molar-refractivity contribution in [2.45, 2.75) is 43.3 Å². The number of aliphatic hydroxyl groups excluding tert-OH is 2. The van der Waals surface area contributed by atoms with Crippen molar-refractivity contribution in [2.75, 3.05) is 13.2 Å². The maximum absolute atomic E-state index is 13.6. The zero-order valence-electron chi connectivity index (χ0n) is 20.3. The Balaban J connectivity index is 1.90. The zero-order chi connectivity index (χ0) is 29.7. The summed E-state index contributed by atoms with van der Waals surface area (Å²) < 4.78 is 71.4. The number of hydrogen-bond acceptors (Lipinski definition) is 11. The first-order chi connectivity index (χ1) is 18.7. The normalized spacial score (nSPS) is 24.9. The molecule has 2 heterocycles. The molecule has 2 aromatic rings. The van der Waals surface area contributed by atoms with Gasteiger partial charge in [0.05, 0.1) is 6.61 Å². The van der Waals surface area contributed by atoms with Gasteiger partial charge < -0.3 is 29.2 Å². The van der Waals surface area contributed by atoms with Crippen molar-refractivity contribution >= 4 is 13.7 Å². The van der Waals surface area contributed by atoms with Crippen LogP contribution >= 0.6 is 7.75 Å². The van der Waals surface area contributed by atoms with Gasteiger partial charge in [0.1, 0.15) is 24.0 Å². The van der Waals surface area contributed by atoms with Gasteiger partial charge in [-0.2, -0.15) is 18.3 Å². The number of azide groups is 1. The van der Waals surface area contributed by atoms with Gasteiger partial charge in [-0.1, -0.05) is 23.3 Å². The highest BCUT2D eigenvalue weighted by atomic mass is 31.2. The van der Waals surface area contributed by atoms with Gasteiger partial charge >= 0.3 is 25.6 Å². The Morgan fingerprint density at radius 3 is 2.60 bits per heavy atom. The molecule has 6 atom stereocenters. The number of ether oxygens (including phenoxy) is 2. The highest BCUT2D eigenvalue weighted by molar-refractivity contribution is 7.52. The Morgan fingerprint density at radius 1 is 1.32 bits per heavy atom. The average molecular weight is 594 g/mol. The summed E-state index contributed by atoms with van der Waals surface area (Å²) in [5.41, 5.74) is 4.44. The van der Waals surface area contributed by atoms with E-state index < -0.39 is 74.6 Å². The minimum Gasteiger partial charge on any atom is -0.455 e. The van der Waals surface area contributed by atoms with E-state index in [-0.39, 0.29) is 5.75 Å². The molecule has 0 amide bonds. The van der Waals surface area contributed by atoms with E-state index in [0.717, 1.165) is 19.2 Å². The van der Waals surface area contributed by atoms with Gasteiger partial charge in [0, 0.05) is 17.2 Å². The van der Waals surface area contributed by atoms with Crippen LogP contribution in [0.2, 0.25) is 0 Å². The SMILES string of the molecule is C[C@H](NP(=O)(OC[C@@]1(N=[N+]=[N-])O[C@@H](n2c(=O)cc[nH]c2=O)[C@H](O)[C@@H]1O)Oc1ccccc1)C(=O)OCC(F)(F)F. The lowest BCUT2D eigenvalue weighted by atomic mass is 10.1. The largest absolute Gasteiger partial charge is 0.459 e. The number of esters is 1. The maximum atomic E-state index is 13.6. The average Bonchev–Trinajstić information content (AvgIpc) is 3.12. The van der Waals surface area contributed by atoms with E-state index >= 15 is 0 Å². The number of aromatic amines is 1. The number of para-hydroxylation sites is 1. The molecule has 1 aromatic carbocycles. The predicted molar refractivity (Wildman–Crippen MR) is 126 cm³/mol. The molecular formula is C20H22F3N6O10P. The standard InChI is InChI=1S/C20H22F3N6O10P/c1-11(17(33)36-10-20(21,22)23)26-40(35,39-12-5-3-2-4-6-12)37-9-19(27-28-24)15(32)14(31)16(38-19)29-13(30)7-8-25-18(29)34/h2-8,11,14-16,31-32H,9-10H2,1H3,(H,25,34)(H,26,35)/t11-,14+,15-,16+,19+,40?/m0/s1. The second kappa shape index (κ2) is 12.2. The lowest BCUT2D eigenvalue weighted by molar-refractivity contribution is -0.187. The lowest BCUT2D eigenvalue weighted by Crippen LogP contribution is -2.46. The fourth-order valence-electron chi connectivity index (χ4n) is 3.41. The van der Waals surface area contributed by atoms with Gasteiger partial charge in [-0.3, -0.25) is 14.1 Å². The number of aromatic nitrogens is 2. The van der Waals surface area contributed by atoms with Crippen molar-refractivity contribution in [1.29, 1.82) is 0 Å². The molecule has 1 saturated heterocycles. The fraction of sp³-hybridized carbons (Fsp3) is 0.450. The smallest absolute Gasteiger partial charge is 0.455 e. The van der Waals surface area contributed by atoms with Gasteiger partial charge in [-0.15, -0.1) is 0 Å². The van der Waals surface area contributed by atoms with Crippen LogP contribution in [0.3, 0.4) is 0 Å². The number of benzene rings is 1. The van der Waals surface area contributed by atoms with E-state index in [1.165, 1.54) is 24.3 Å². The summed E-state index contributed by atoms with van der Waals surface area (Å²) in [7, 11) is -4.82. The molecule has 1 unspecified atom stereocenters. The van der Waals surface area contributed by atoms with Crippen LogP contribution < -0.4 is 20.9 Å². The van der Waals surface area contributed by atoms with Crippen LogP contribution in [0.1, 0.15) is 13.2 Å². The van der Waals surface area contributed by atoms with Crippen LogP contribution in [0, 0.1) is 0 Å². The molecule has 1 aliphatic rings. The summed E-state index contributed by atoms with van der Waals surface area (Å²) in [6.45, 7) is -2.13. The van der Waals surface area contributed by atoms with Gasteiger partial charge in [0.25, 0.3) is 5.56 Å². The van der Waals surface area contributed by atoms with Crippen molar-refractivity contribution in [1.82, 2.24) is 14.6 Å². The third-order valence-electron chi connectivity index (χ3n) is 5.25. The van der Waals surface area contributed by atoms with Crippen LogP contribution in [0.15, 0.2) is 57.3 Å². The highest BCUT2D eigenvalue weighted by Crippen LogP contribution is 2.48. The number of carbonyl (C=O) groups is 1. The summed E-state index contributed by atoms with van der Waals surface area (Å²) in [5, 5.41) is 26.6. The van der Waals surface area contributed by atoms with E-state index in [2.05, 4.69) is 24.8 Å². The van der Waals surface area contributed by atoms with Crippen molar-refractivity contribution in [3.05, 3.63) is 73.9 Å². The second-order valence-corrected chi connectivity index (χ2v) is 9.91. The van der Waals surface area contributed by atoms with E-state index in [1.807, 2.05) is 0 Å². The predicted octanol–water partition coefficient (Wildman–Crippen LogP) is 1.08. The number of rotatable bonds is 11. The van der Waals surface area contributed by atoms with E-state index in [4.69, 9.17) is 19.3 Å². The molecule has 0 aliphatic carbocycles. The van der Waals surface area contributed by atoms with Crippen molar-refractivity contribution in [2.24, 2.45) is 5.11 Å². The molecule has 218 valence electrons. The Labute approximate surface area is 221 Å². The summed E-state index contributed by atoms with van der Waals surface area (Å²) in [6, 6.07) is 6.28. The molecule has 16 nitrogen and oxygen atoms in total. The lowest BCUT2D eigenvalue weighted by Gasteiger charge is -2.29. The maximum Gasteiger partial charge on any atom is 0.459 e. The molecule has 1 aromatic heterocycles. The molecule has 0 saturated carbocycles. The Hall–Kier alpha value is -3.70. The molecule has 0 radical (unpaired) electrons. The van der Waals surface area contributed by atoms with Gasteiger partial charge in [0.15, 0.2) is 12.8 Å². The van der Waals surface area contributed by atoms with Crippen LogP contribution in [-0.2, 0) is 23.4 Å². The minimum absolute atomic E-state index is 0.111. The highest BCUT2D eigenvalue weighted by Gasteiger charge is 2.57. The number of nitrogens with zero attached hydrogens (tertiary/aromatic N) is 4. The van der Waals surface area contributed by atoms with Gasteiger partial charge in [-0.25, -0.2) is 13.9 Å². The van der Waals surface area contributed by atoms with Crippen LogP contribution in [0.25, 0.3) is 10.4 Å². The van der Waals surface area contributed by atoms with Crippen LogP contribution in [-0.4, -0.2) is 69.1 Å². The monoisotopic (exact) mass is 594 g/mol. The fourth-order valence-corrected chi connectivity index (χ4v) is 4.93. The molecular weight excluding hydrogens is 572 g/mol. The molecule has 40 heavy (non-hydrogen) atoms. The van der Waals surface area contributed by atoms with E-state index in [9.17, 15) is 42.3 Å².